The van der Waals surface area contributed by atoms with Crippen molar-refractivity contribution in [3.63, 3.8) is 0 Å². The molecule has 16 heavy (non-hydrogen) atoms. The molecule has 1 rings (SSSR count). The Balaban J connectivity index is 2.73. The normalized spacial score (nSPS) is 14.7. The van der Waals surface area contributed by atoms with Gasteiger partial charge in [-0.05, 0) is 30.5 Å². The summed E-state index contributed by atoms with van der Waals surface area (Å²) in [6.07, 6.45) is 2.26. The topological polar surface area (TPSA) is 43.1 Å². The predicted molar refractivity (Wildman–Crippen MR) is 70.9 cm³/mol. The van der Waals surface area contributed by atoms with Crippen LogP contribution in [0.4, 0.5) is 5.69 Å². The molecule has 0 aliphatic rings. The van der Waals surface area contributed by atoms with Crippen molar-refractivity contribution >= 4 is 16.5 Å². The van der Waals surface area contributed by atoms with Crippen molar-refractivity contribution in [1.29, 1.82) is 0 Å². The molecular weight excluding hydrogens is 218 g/mol. The van der Waals surface area contributed by atoms with Crippen LogP contribution in [-0.4, -0.2) is 9.96 Å². The summed E-state index contributed by atoms with van der Waals surface area (Å²) >= 11 is 0. The molecule has 2 unspecified atom stereocenters. The Labute approximate surface area is 101 Å². The second kappa shape index (κ2) is 6.04. The molecule has 2 N–H and O–H groups in total. The van der Waals surface area contributed by atoms with Crippen LogP contribution in [0.15, 0.2) is 23.1 Å². The lowest BCUT2D eigenvalue weighted by Crippen LogP contribution is -2.09. The standard InChI is InChI=1S/C13H21NOS/c1-4-5-11(3)9-16(15)13-7-6-10(2)8-12(13)14/h6-8,11H,4-5,9,14H2,1-3H3. The van der Waals surface area contributed by atoms with Gasteiger partial charge in [0.2, 0.25) is 0 Å². The van der Waals surface area contributed by atoms with Crippen molar-refractivity contribution in [2.24, 2.45) is 5.92 Å². The number of hydrogen-bond acceptors (Lipinski definition) is 2. The molecule has 3 heteroatoms. The van der Waals surface area contributed by atoms with Crippen LogP contribution in [0, 0.1) is 12.8 Å². The lowest BCUT2D eigenvalue weighted by molar-refractivity contribution is 0.574. The summed E-state index contributed by atoms with van der Waals surface area (Å²) in [6, 6.07) is 5.74. The maximum atomic E-state index is 12.1. The molecule has 0 aliphatic carbocycles. The zero-order chi connectivity index (χ0) is 12.1. The summed E-state index contributed by atoms with van der Waals surface area (Å²) in [5.74, 6) is 1.20. The average molecular weight is 239 g/mol. The van der Waals surface area contributed by atoms with Gasteiger partial charge in [0.25, 0.3) is 0 Å². The lowest BCUT2D eigenvalue weighted by atomic mass is 10.1. The van der Waals surface area contributed by atoms with Crippen LogP contribution < -0.4 is 5.73 Å². The monoisotopic (exact) mass is 239 g/mol. The van der Waals surface area contributed by atoms with Gasteiger partial charge in [0.1, 0.15) is 0 Å². The van der Waals surface area contributed by atoms with E-state index in [0.29, 0.717) is 17.4 Å². The Bertz CT molecular complexity index is 376. The van der Waals surface area contributed by atoms with Crippen molar-refractivity contribution in [2.75, 3.05) is 11.5 Å². The van der Waals surface area contributed by atoms with E-state index in [1.54, 1.807) is 0 Å². The Morgan fingerprint density at radius 1 is 1.44 bits per heavy atom. The fourth-order valence-electron chi connectivity index (χ4n) is 1.80. The Kier molecular flexibility index (Phi) is 5.00. The van der Waals surface area contributed by atoms with E-state index in [1.165, 1.54) is 0 Å². The molecule has 1 aromatic rings. The maximum absolute atomic E-state index is 12.1. The van der Waals surface area contributed by atoms with Crippen LogP contribution in [0.3, 0.4) is 0 Å². The van der Waals surface area contributed by atoms with Crippen molar-refractivity contribution in [1.82, 2.24) is 0 Å². The van der Waals surface area contributed by atoms with Gasteiger partial charge in [0, 0.05) is 11.4 Å². The molecular formula is C13H21NOS. The zero-order valence-electron chi connectivity index (χ0n) is 10.3. The molecule has 0 aliphatic heterocycles. The zero-order valence-corrected chi connectivity index (χ0v) is 11.1. The van der Waals surface area contributed by atoms with Gasteiger partial charge in [0.05, 0.1) is 15.7 Å². The van der Waals surface area contributed by atoms with Crippen LogP contribution in [-0.2, 0) is 10.8 Å². The molecule has 0 aromatic heterocycles. The van der Waals surface area contributed by atoms with E-state index in [-0.39, 0.29) is 0 Å². The Hall–Kier alpha value is -0.830. The second-order valence-corrected chi connectivity index (χ2v) is 5.91. The first-order valence-corrected chi connectivity index (χ1v) is 7.11. The largest absolute Gasteiger partial charge is 0.398 e. The van der Waals surface area contributed by atoms with Crippen LogP contribution >= 0.6 is 0 Å². The number of rotatable bonds is 5. The van der Waals surface area contributed by atoms with Gasteiger partial charge in [-0.3, -0.25) is 4.21 Å². The van der Waals surface area contributed by atoms with E-state index in [4.69, 9.17) is 5.73 Å². The van der Waals surface area contributed by atoms with Gasteiger partial charge in [0.15, 0.2) is 0 Å². The van der Waals surface area contributed by atoms with E-state index in [0.717, 1.165) is 23.3 Å². The third kappa shape index (κ3) is 3.63. The predicted octanol–water partition coefficient (Wildman–Crippen LogP) is 3.12. The number of nitrogen functional groups attached to an aromatic ring is 1. The number of anilines is 1. The minimum absolute atomic E-state index is 0.492. The fraction of sp³-hybridized carbons (Fsp3) is 0.538. The fourth-order valence-corrected chi connectivity index (χ4v) is 3.20. The summed E-state index contributed by atoms with van der Waals surface area (Å²) in [5.41, 5.74) is 7.64. The van der Waals surface area contributed by atoms with Gasteiger partial charge in [-0.25, -0.2) is 0 Å². The molecule has 0 saturated heterocycles. The van der Waals surface area contributed by atoms with Crippen LogP contribution in [0.25, 0.3) is 0 Å². The van der Waals surface area contributed by atoms with Gasteiger partial charge in [-0.2, -0.15) is 0 Å². The molecule has 2 nitrogen and oxygen atoms in total. The number of benzene rings is 1. The molecule has 0 fully saturated rings. The summed E-state index contributed by atoms with van der Waals surface area (Å²) in [4.78, 5) is 0.786. The average Bonchev–Trinajstić information content (AvgIpc) is 2.17. The third-order valence-electron chi connectivity index (χ3n) is 2.63. The molecule has 90 valence electrons. The highest BCUT2D eigenvalue weighted by molar-refractivity contribution is 7.85. The molecule has 0 amide bonds. The van der Waals surface area contributed by atoms with E-state index in [9.17, 15) is 4.21 Å². The number of hydrogen-bond donors (Lipinski definition) is 1. The van der Waals surface area contributed by atoms with E-state index in [1.807, 2.05) is 25.1 Å². The van der Waals surface area contributed by atoms with Crippen molar-refractivity contribution in [2.45, 2.75) is 38.5 Å². The molecule has 0 spiro atoms. The minimum atomic E-state index is -0.960. The first-order chi connectivity index (χ1) is 7.54. The third-order valence-corrected chi connectivity index (χ3v) is 4.36. The summed E-state index contributed by atoms with van der Waals surface area (Å²) in [6.45, 7) is 6.29. The van der Waals surface area contributed by atoms with Crippen molar-refractivity contribution in [3.05, 3.63) is 23.8 Å². The SMILES string of the molecule is CCCC(C)CS(=O)c1ccc(C)cc1N. The number of nitrogens with two attached hydrogens (primary N) is 1. The maximum Gasteiger partial charge on any atom is 0.0617 e. The highest BCUT2D eigenvalue weighted by Gasteiger charge is 2.11. The summed E-state index contributed by atoms with van der Waals surface area (Å²) < 4.78 is 12.1. The molecule has 0 saturated carbocycles. The molecule has 0 bridgehead atoms. The van der Waals surface area contributed by atoms with E-state index >= 15 is 0 Å². The summed E-state index contributed by atoms with van der Waals surface area (Å²) in [7, 11) is -0.960. The molecule has 0 heterocycles. The Morgan fingerprint density at radius 2 is 2.12 bits per heavy atom. The van der Waals surface area contributed by atoms with Crippen molar-refractivity contribution in [3.8, 4) is 0 Å². The van der Waals surface area contributed by atoms with Gasteiger partial charge in [-0.15, -0.1) is 0 Å². The van der Waals surface area contributed by atoms with Gasteiger partial charge >= 0.3 is 0 Å². The molecule has 2 atom stereocenters. The highest BCUT2D eigenvalue weighted by atomic mass is 32.2. The number of aryl methyl sites for hydroxylation is 1. The lowest BCUT2D eigenvalue weighted by Gasteiger charge is -2.11. The second-order valence-electron chi connectivity index (χ2n) is 4.45. The van der Waals surface area contributed by atoms with Crippen molar-refractivity contribution < 1.29 is 4.21 Å². The smallest absolute Gasteiger partial charge is 0.0617 e. The van der Waals surface area contributed by atoms with Gasteiger partial charge < -0.3 is 5.73 Å². The first-order valence-electron chi connectivity index (χ1n) is 5.79. The Morgan fingerprint density at radius 3 is 2.69 bits per heavy atom. The van der Waals surface area contributed by atoms with E-state index in [2.05, 4.69) is 13.8 Å². The summed E-state index contributed by atoms with van der Waals surface area (Å²) in [5, 5.41) is 0. The first kappa shape index (κ1) is 13.2. The van der Waals surface area contributed by atoms with E-state index < -0.39 is 10.8 Å². The molecule has 1 aromatic carbocycles. The van der Waals surface area contributed by atoms with Gasteiger partial charge in [-0.1, -0.05) is 32.8 Å². The quantitative estimate of drug-likeness (QED) is 0.802. The van der Waals surface area contributed by atoms with Crippen LogP contribution in [0.5, 0.6) is 0 Å². The molecule has 0 radical (unpaired) electrons. The minimum Gasteiger partial charge on any atom is -0.398 e. The van der Waals surface area contributed by atoms with Crippen LogP contribution in [0.2, 0.25) is 0 Å². The highest BCUT2D eigenvalue weighted by Crippen LogP contribution is 2.20. The van der Waals surface area contributed by atoms with Crippen LogP contribution in [0.1, 0.15) is 32.3 Å².